The van der Waals surface area contributed by atoms with Gasteiger partial charge in [0.15, 0.2) is 0 Å². The molecule has 1 aromatic carbocycles. The fourth-order valence-corrected chi connectivity index (χ4v) is 3.88. The molecule has 0 unspecified atom stereocenters. The maximum Gasteiger partial charge on any atom is 0.286 e. The summed E-state index contributed by atoms with van der Waals surface area (Å²) in [5.41, 5.74) is 1.98. The Bertz CT molecular complexity index is 810. The van der Waals surface area contributed by atoms with E-state index in [-0.39, 0.29) is 17.7 Å². The molecule has 0 bridgehead atoms. The molecule has 28 heavy (non-hydrogen) atoms. The van der Waals surface area contributed by atoms with E-state index in [1.807, 2.05) is 43.0 Å². The van der Waals surface area contributed by atoms with E-state index in [4.69, 9.17) is 0 Å². The van der Waals surface area contributed by atoms with Crippen LogP contribution >= 0.6 is 11.3 Å². The molecule has 1 N–H and O–H groups in total. The standard InChI is InChI=1S/C20H27N5O2S/c1-4-15-5-7-16(8-6-15)21-18(26)19-23-22-17(28-19)13-24-9-11-25(12-10-24)20(27)14(2)3/h5-8,14H,4,9-13H2,1-3H3,(H,21,26). The van der Waals surface area contributed by atoms with Crippen LogP contribution in [0.4, 0.5) is 5.69 Å². The molecule has 7 nitrogen and oxygen atoms in total. The fraction of sp³-hybridized carbons (Fsp3) is 0.500. The zero-order valence-corrected chi connectivity index (χ0v) is 17.5. The van der Waals surface area contributed by atoms with E-state index >= 15 is 0 Å². The van der Waals surface area contributed by atoms with Crippen LogP contribution in [0.15, 0.2) is 24.3 Å². The monoisotopic (exact) mass is 401 g/mol. The Morgan fingerprint density at radius 1 is 1.11 bits per heavy atom. The molecular formula is C20H27N5O2S. The highest BCUT2D eigenvalue weighted by molar-refractivity contribution is 7.13. The van der Waals surface area contributed by atoms with Crippen molar-refractivity contribution in [3.8, 4) is 0 Å². The fourth-order valence-electron chi connectivity index (χ4n) is 3.10. The first-order valence-corrected chi connectivity index (χ1v) is 10.5. The van der Waals surface area contributed by atoms with Gasteiger partial charge in [0.1, 0.15) is 5.01 Å². The highest BCUT2D eigenvalue weighted by Gasteiger charge is 2.24. The van der Waals surface area contributed by atoms with Crippen molar-refractivity contribution in [2.24, 2.45) is 5.92 Å². The number of piperazine rings is 1. The zero-order valence-electron chi connectivity index (χ0n) is 16.6. The van der Waals surface area contributed by atoms with Crippen LogP contribution in [0.1, 0.15) is 41.1 Å². The van der Waals surface area contributed by atoms with Gasteiger partial charge in [-0.15, -0.1) is 10.2 Å². The van der Waals surface area contributed by atoms with Gasteiger partial charge in [0, 0.05) is 37.8 Å². The smallest absolute Gasteiger partial charge is 0.286 e. The van der Waals surface area contributed by atoms with Crippen LogP contribution < -0.4 is 5.32 Å². The van der Waals surface area contributed by atoms with Crippen LogP contribution in [0.2, 0.25) is 0 Å². The molecule has 2 heterocycles. The first-order valence-electron chi connectivity index (χ1n) is 9.70. The summed E-state index contributed by atoms with van der Waals surface area (Å²) in [6.45, 7) is 9.69. The number of hydrogen-bond acceptors (Lipinski definition) is 6. The van der Waals surface area contributed by atoms with Gasteiger partial charge in [-0.3, -0.25) is 14.5 Å². The number of amides is 2. The first kappa shape index (κ1) is 20.4. The summed E-state index contributed by atoms with van der Waals surface area (Å²) in [7, 11) is 0. The van der Waals surface area contributed by atoms with Gasteiger partial charge in [-0.1, -0.05) is 44.2 Å². The van der Waals surface area contributed by atoms with Crippen molar-refractivity contribution in [3.05, 3.63) is 39.8 Å². The highest BCUT2D eigenvalue weighted by Crippen LogP contribution is 2.17. The van der Waals surface area contributed by atoms with E-state index in [0.717, 1.165) is 43.3 Å². The van der Waals surface area contributed by atoms with Crippen molar-refractivity contribution in [1.82, 2.24) is 20.0 Å². The van der Waals surface area contributed by atoms with Crippen LogP contribution in [-0.4, -0.2) is 58.0 Å². The van der Waals surface area contributed by atoms with Gasteiger partial charge in [-0.05, 0) is 24.1 Å². The number of carbonyl (C=O) groups is 2. The molecule has 2 aromatic rings. The van der Waals surface area contributed by atoms with Gasteiger partial charge < -0.3 is 10.2 Å². The zero-order chi connectivity index (χ0) is 20.1. The first-order chi connectivity index (χ1) is 13.5. The number of aryl methyl sites for hydroxylation is 1. The molecule has 1 aliphatic heterocycles. The normalized spacial score (nSPS) is 15.1. The molecule has 0 saturated carbocycles. The third-order valence-corrected chi connectivity index (χ3v) is 5.72. The summed E-state index contributed by atoms with van der Waals surface area (Å²) in [6, 6.07) is 7.81. The number of rotatable bonds is 6. The molecule has 1 saturated heterocycles. The SMILES string of the molecule is CCc1ccc(NC(=O)c2nnc(CN3CCN(C(=O)C(C)C)CC3)s2)cc1. The highest BCUT2D eigenvalue weighted by atomic mass is 32.1. The predicted molar refractivity (Wildman–Crippen MR) is 110 cm³/mol. The predicted octanol–water partition coefficient (Wildman–Crippen LogP) is 2.65. The molecule has 0 spiro atoms. The molecule has 1 aliphatic rings. The van der Waals surface area contributed by atoms with E-state index in [1.165, 1.54) is 16.9 Å². The van der Waals surface area contributed by atoms with Crippen LogP contribution in [0.3, 0.4) is 0 Å². The van der Waals surface area contributed by atoms with Gasteiger partial charge in [-0.2, -0.15) is 0 Å². The Morgan fingerprint density at radius 2 is 1.79 bits per heavy atom. The summed E-state index contributed by atoms with van der Waals surface area (Å²) in [5.74, 6) is 0.01000. The third kappa shape index (κ3) is 5.14. The molecule has 0 radical (unpaired) electrons. The number of benzene rings is 1. The Morgan fingerprint density at radius 3 is 2.39 bits per heavy atom. The van der Waals surface area contributed by atoms with E-state index in [2.05, 4.69) is 27.3 Å². The lowest BCUT2D eigenvalue weighted by atomic mass is 10.1. The van der Waals surface area contributed by atoms with E-state index in [9.17, 15) is 9.59 Å². The van der Waals surface area contributed by atoms with Crippen molar-refractivity contribution >= 4 is 28.8 Å². The van der Waals surface area contributed by atoms with E-state index < -0.39 is 0 Å². The van der Waals surface area contributed by atoms with Gasteiger partial charge >= 0.3 is 0 Å². The Balaban J connectivity index is 1.51. The number of nitrogens with one attached hydrogen (secondary N) is 1. The second-order valence-corrected chi connectivity index (χ2v) is 8.32. The quantitative estimate of drug-likeness (QED) is 0.805. The molecule has 3 rings (SSSR count). The number of hydrogen-bond donors (Lipinski definition) is 1. The Hall–Kier alpha value is -2.32. The van der Waals surface area contributed by atoms with Crippen LogP contribution in [-0.2, 0) is 17.8 Å². The Kier molecular flexibility index (Phi) is 6.74. The second kappa shape index (κ2) is 9.25. The molecule has 2 amide bonds. The summed E-state index contributed by atoms with van der Waals surface area (Å²) in [5, 5.41) is 12.3. The molecule has 150 valence electrons. The minimum Gasteiger partial charge on any atom is -0.340 e. The van der Waals surface area contributed by atoms with E-state index in [1.54, 1.807) is 0 Å². The molecule has 8 heteroatoms. The Labute approximate surface area is 169 Å². The van der Waals surface area contributed by atoms with Gasteiger partial charge in [0.25, 0.3) is 5.91 Å². The molecule has 0 aliphatic carbocycles. The van der Waals surface area contributed by atoms with Crippen LogP contribution in [0.5, 0.6) is 0 Å². The third-order valence-electron chi connectivity index (χ3n) is 4.82. The summed E-state index contributed by atoms with van der Waals surface area (Å²) in [6.07, 6.45) is 0.966. The number of anilines is 1. The molecule has 1 fully saturated rings. The minimum absolute atomic E-state index is 0.0361. The van der Waals surface area contributed by atoms with Crippen molar-refractivity contribution in [1.29, 1.82) is 0 Å². The molecule has 0 atom stereocenters. The number of aromatic nitrogens is 2. The lowest BCUT2D eigenvalue weighted by Crippen LogP contribution is -2.49. The lowest BCUT2D eigenvalue weighted by molar-refractivity contribution is -0.136. The van der Waals surface area contributed by atoms with Crippen molar-refractivity contribution in [2.45, 2.75) is 33.7 Å². The van der Waals surface area contributed by atoms with Crippen molar-refractivity contribution < 1.29 is 9.59 Å². The maximum atomic E-state index is 12.4. The van der Waals surface area contributed by atoms with Crippen molar-refractivity contribution in [2.75, 3.05) is 31.5 Å². The molecule has 1 aromatic heterocycles. The summed E-state index contributed by atoms with van der Waals surface area (Å²) in [4.78, 5) is 28.6. The number of carbonyl (C=O) groups excluding carboxylic acids is 2. The van der Waals surface area contributed by atoms with Gasteiger partial charge in [-0.25, -0.2) is 0 Å². The average Bonchev–Trinajstić information content (AvgIpc) is 3.17. The van der Waals surface area contributed by atoms with Crippen LogP contribution in [0, 0.1) is 5.92 Å². The topological polar surface area (TPSA) is 78.4 Å². The maximum absolute atomic E-state index is 12.4. The van der Waals surface area contributed by atoms with E-state index in [0.29, 0.717) is 11.6 Å². The van der Waals surface area contributed by atoms with Gasteiger partial charge in [0.05, 0.1) is 6.54 Å². The summed E-state index contributed by atoms with van der Waals surface area (Å²) < 4.78 is 0. The lowest BCUT2D eigenvalue weighted by Gasteiger charge is -2.35. The van der Waals surface area contributed by atoms with Gasteiger partial charge in [0.2, 0.25) is 10.9 Å². The van der Waals surface area contributed by atoms with Crippen LogP contribution in [0.25, 0.3) is 0 Å². The number of nitrogens with zero attached hydrogens (tertiary/aromatic N) is 4. The van der Waals surface area contributed by atoms with Crippen molar-refractivity contribution in [3.63, 3.8) is 0 Å². The second-order valence-electron chi connectivity index (χ2n) is 7.26. The minimum atomic E-state index is -0.236. The largest absolute Gasteiger partial charge is 0.340 e. The summed E-state index contributed by atoms with van der Waals surface area (Å²) >= 11 is 1.32. The average molecular weight is 402 g/mol. The molecular weight excluding hydrogens is 374 g/mol.